The molecule has 3 rings (SSSR count). The van der Waals surface area contributed by atoms with Gasteiger partial charge in [0.25, 0.3) is 0 Å². The summed E-state index contributed by atoms with van der Waals surface area (Å²) in [5, 5.41) is 3.24. The van der Waals surface area contributed by atoms with Crippen LogP contribution in [0.1, 0.15) is 40.4 Å². The molecule has 0 aliphatic heterocycles. The van der Waals surface area contributed by atoms with E-state index < -0.39 is 0 Å². The van der Waals surface area contributed by atoms with Crippen molar-refractivity contribution >= 4 is 31.5 Å². The monoisotopic (exact) mass is 270 g/mol. The molecule has 1 aromatic rings. The topological polar surface area (TPSA) is 101 Å². The number of hydrogen-bond donors (Lipinski definition) is 3. The van der Waals surface area contributed by atoms with Crippen molar-refractivity contribution in [3.63, 3.8) is 0 Å². The number of fused-ring (bicyclic) bond motifs is 2. The second-order valence-electron chi connectivity index (χ2n) is 5.11. The Morgan fingerprint density at radius 2 is 1.50 bits per heavy atom. The third kappa shape index (κ3) is 1.35. The Morgan fingerprint density at radius 1 is 0.950 bits per heavy atom. The minimum Gasteiger partial charge on any atom is -0.322 e. The van der Waals surface area contributed by atoms with E-state index >= 15 is 0 Å². The van der Waals surface area contributed by atoms with Crippen molar-refractivity contribution in [2.45, 2.75) is 24.2 Å². The highest BCUT2D eigenvalue weighted by Gasteiger charge is 2.48. The largest absolute Gasteiger partial charge is 0.322 e. The molecular formula is C14H18N6. The van der Waals surface area contributed by atoms with Gasteiger partial charge < -0.3 is 16.8 Å². The average Bonchev–Trinajstić information content (AvgIpc) is 3.02. The summed E-state index contributed by atoms with van der Waals surface area (Å²) in [4.78, 5) is 12.5. The minimum atomic E-state index is -0.293. The Kier molecular flexibility index (Phi) is 2.82. The van der Waals surface area contributed by atoms with E-state index in [1.54, 1.807) is 0 Å². The molecule has 5 N–H and O–H groups in total. The molecule has 0 saturated carbocycles. The van der Waals surface area contributed by atoms with Crippen LogP contribution < -0.4 is 16.8 Å². The molecule has 20 heavy (non-hydrogen) atoms. The van der Waals surface area contributed by atoms with Gasteiger partial charge in [-0.15, -0.1) is 0 Å². The van der Waals surface area contributed by atoms with Crippen LogP contribution >= 0.6 is 0 Å². The molecular weight excluding hydrogens is 252 g/mol. The van der Waals surface area contributed by atoms with Crippen LogP contribution in [0.4, 0.5) is 11.4 Å². The molecule has 3 unspecified atom stereocenters. The molecule has 2 aliphatic carbocycles. The Hall–Kier alpha value is -1.89. The van der Waals surface area contributed by atoms with Crippen LogP contribution in [0.3, 0.4) is 0 Å². The first-order valence-electron chi connectivity index (χ1n) is 6.43. The smallest absolute Gasteiger partial charge is 0.0880 e. The summed E-state index contributed by atoms with van der Waals surface area (Å²) in [6.45, 7) is 11.0. The molecule has 2 aliphatic rings. The molecule has 104 valence electrons. The van der Waals surface area contributed by atoms with Crippen molar-refractivity contribution in [1.82, 2.24) is 5.32 Å². The highest BCUT2D eigenvalue weighted by molar-refractivity contribution is 5.85. The summed E-state index contributed by atoms with van der Waals surface area (Å²) < 4.78 is 0. The van der Waals surface area contributed by atoms with Crippen LogP contribution in [0.5, 0.6) is 0 Å². The fourth-order valence-corrected chi connectivity index (χ4v) is 3.41. The Labute approximate surface area is 117 Å². The summed E-state index contributed by atoms with van der Waals surface area (Å²) >= 11 is 0. The van der Waals surface area contributed by atoms with E-state index in [0.29, 0.717) is 0 Å². The molecule has 6 nitrogen and oxygen atoms in total. The number of rotatable bonds is 4. The van der Waals surface area contributed by atoms with E-state index in [4.69, 9.17) is 11.5 Å². The van der Waals surface area contributed by atoms with Gasteiger partial charge >= 0.3 is 0 Å². The fraction of sp³-hybridized carbons (Fsp3) is 0.357. The summed E-state index contributed by atoms with van der Waals surface area (Å²) in [5.74, 6) is 0. The van der Waals surface area contributed by atoms with Gasteiger partial charge in [-0.05, 0) is 27.2 Å². The lowest BCUT2D eigenvalue weighted by atomic mass is 10.0. The molecule has 0 radical (unpaired) electrons. The Bertz CT molecular complexity index is 635. The van der Waals surface area contributed by atoms with Crippen molar-refractivity contribution in [3.05, 3.63) is 22.3 Å². The molecule has 0 aromatic heterocycles. The SMILES string of the molecule is C=Nc1c2c(c(N=C)c3c1[C@H]3N)C(NC)C(N=C)C2N. The maximum absolute atomic E-state index is 6.34. The second kappa shape index (κ2) is 4.31. The zero-order valence-corrected chi connectivity index (χ0v) is 11.4. The number of nitrogens with zero attached hydrogens (tertiary/aromatic N) is 3. The first-order chi connectivity index (χ1) is 9.62. The molecule has 6 heteroatoms. The Morgan fingerprint density at radius 3 is 1.95 bits per heavy atom. The van der Waals surface area contributed by atoms with Crippen molar-refractivity contribution in [1.29, 1.82) is 0 Å². The summed E-state index contributed by atoms with van der Waals surface area (Å²) in [7, 11) is 1.87. The predicted octanol–water partition coefficient (Wildman–Crippen LogP) is 1.06. The molecule has 0 heterocycles. The molecule has 1 aromatic carbocycles. The van der Waals surface area contributed by atoms with Crippen molar-refractivity contribution < 1.29 is 0 Å². The van der Waals surface area contributed by atoms with E-state index in [9.17, 15) is 0 Å². The van der Waals surface area contributed by atoms with Gasteiger partial charge in [-0.25, -0.2) is 0 Å². The van der Waals surface area contributed by atoms with Crippen LogP contribution in [0.2, 0.25) is 0 Å². The fourth-order valence-electron chi connectivity index (χ4n) is 3.41. The van der Waals surface area contributed by atoms with Crippen molar-refractivity contribution in [3.8, 4) is 0 Å². The normalized spacial score (nSPS) is 29.6. The number of benzene rings is 1. The van der Waals surface area contributed by atoms with Gasteiger partial charge in [0.2, 0.25) is 0 Å². The van der Waals surface area contributed by atoms with Crippen LogP contribution in [0.25, 0.3) is 0 Å². The highest BCUT2D eigenvalue weighted by atomic mass is 15.0. The first-order valence-corrected chi connectivity index (χ1v) is 6.43. The van der Waals surface area contributed by atoms with Crippen LogP contribution in [-0.4, -0.2) is 33.2 Å². The molecule has 0 saturated heterocycles. The van der Waals surface area contributed by atoms with E-state index in [-0.39, 0.29) is 24.2 Å². The van der Waals surface area contributed by atoms with Crippen LogP contribution in [0, 0.1) is 0 Å². The van der Waals surface area contributed by atoms with Crippen LogP contribution in [0.15, 0.2) is 15.0 Å². The molecule has 0 spiro atoms. The summed E-state index contributed by atoms with van der Waals surface area (Å²) in [6.07, 6.45) is 0. The quantitative estimate of drug-likeness (QED) is 0.713. The van der Waals surface area contributed by atoms with Gasteiger partial charge in [0, 0.05) is 22.3 Å². The lowest BCUT2D eigenvalue weighted by Crippen LogP contribution is -2.29. The van der Waals surface area contributed by atoms with E-state index in [0.717, 1.165) is 33.6 Å². The maximum atomic E-state index is 6.34. The third-order valence-corrected chi connectivity index (χ3v) is 4.33. The molecule has 4 atom stereocenters. The maximum Gasteiger partial charge on any atom is 0.0880 e. The zero-order chi connectivity index (χ0) is 14.6. The molecule has 0 bridgehead atoms. The van der Waals surface area contributed by atoms with E-state index in [2.05, 4.69) is 40.4 Å². The van der Waals surface area contributed by atoms with E-state index in [1.807, 2.05) is 7.05 Å². The molecule has 0 amide bonds. The number of nitrogens with two attached hydrogens (primary N) is 2. The number of nitrogens with one attached hydrogen (secondary N) is 1. The van der Waals surface area contributed by atoms with Gasteiger partial charge in [-0.1, -0.05) is 0 Å². The van der Waals surface area contributed by atoms with Gasteiger partial charge in [-0.3, -0.25) is 15.0 Å². The lowest BCUT2D eigenvalue weighted by Gasteiger charge is -2.18. The lowest BCUT2D eigenvalue weighted by molar-refractivity contribution is 0.465. The van der Waals surface area contributed by atoms with Gasteiger partial charge in [0.05, 0.1) is 35.5 Å². The average molecular weight is 270 g/mol. The Balaban J connectivity index is 2.35. The standard InChI is InChI=1S/C14H18N6/c1-17-11-5-6(9(5)15)12(18-2)8-7(11)10(16)14(20-4)13(8)19-3/h9-10,13-14,19H,1-2,4,15-16H2,3H3/t9-,10?,13?,14?/m1/s1. The van der Waals surface area contributed by atoms with E-state index in [1.165, 1.54) is 0 Å². The van der Waals surface area contributed by atoms with Crippen LogP contribution in [-0.2, 0) is 0 Å². The first kappa shape index (κ1) is 13.1. The van der Waals surface area contributed by atoms with Gasteiger partial charge in [-0.2, -0.15) is 0 Å². The van der Waals surface area contributed by atoms with Crippen molar-refractivity contribution in [2.24, 2.45) is 26.4 Å². The number of aliphatic imine (C=N–C) groups is 3. The highest BCUT2D eigenvalue weighted by Crippen LogP contribution is 2.60. The molecule has 0 fully saturated rings. The van der Waals surface area contributed by atoms with Crippen molar-refractivity contribution in [2.75, 3.05) is 7.05 Å². The minimum absolute atomic E-state index is 0.0587. The predicted molar refractivity (Wildman–Crippen MR) is 83.0 cm³/mol. The summed E-state index contributed by atoms with van der Waals surface area (Å²) in [6, 6.07) is -0.648. The second-order valence-corrected chi connectivity index (χ2v) is 5.11. The zero-order valence-electron chi connectivity index (χ0n) is 11.4. The van der Waals surface area contributed by atoms with Gasteiger partial charge in [0.15, 0.2) is 0 Å². The third-order valence-electron chi connectivity index (χ3n) is 4.33. The number of likely N-dealkylation sites (N-methyl/N-ethyl adjacent to an activating group) is 1. The van der Waals surface area contributed by atoms with Gasteiger partial charge in [0.1, 0.15) is 0 Å². The number of hydrogen-bond acceptors (Lipinski definition) is 6. The summed E-state index contributed by atoms with van der Waals surface area (Å²) in [5.41, 5.74) is 17.9.